The molecule has 1 amide bonds. The minimum absolute atomic E-state index is 0.0110. The summed E-state index contributed by atoms with van der Waals surface area (Å²) in [7, 11) is 0. The number of carbonyl (C=O) groups excluding carboxylic acids is 1. The Morgan fingerprint density at radius 2 is 1.93 bits per heavy atom. The van der Waals surface area contributed by atoms with Crippen molar-refractivity contribution in [3.63, 3.8) is 0 Å². The second kappa shape index (κ2) is 7.18. The highest BCUT2D eigenvalue weighted by Crippen LogP contribution is 2.28. The van der Waals surface area contributed by atoms with Crippen molar-refractivity contribution < 1.29 is 26.9 Å². The van der Waals surface area contributed by atoms with E-state index in [2.05, 4.69) is 15.5 Å². The van der Waals surface area contributed by atoms with Crippen LogP contribution in [0, 0.1) is 12.7 Å². The van der Waals surface area contributed by atoms with E-state index in [1.165, 1.54) is 25.1 Å². The van der Waals surface area contributed by atoms with Crippen LogP contribution in [0.15, 0.2) is 47.0 Å². The van der Waals surface area contributed by atoms with Crippen LogP contribution in [-0.2, 0) is 12.7 Å². The summed E-state index contributed by atoms with van der Waals surface area (Å²) in [5.74, 6) is -0.815. The Bertz CT molecular complexity index is 983. The molecule has 1 aromatic carbocycles. The van der Waals surface area contributed by atoms with Crippen molar-refractivity contribution in [2.75, 3.05) is 0 Å². The van der Waals surface area contributed by atoms with Crippen molar-refractivity contribution in [2.24, 2.45) is 0 Å². The number of aromatic nitrogens is 2. The van der Waals surface area contributed by atoms with Gasteiger partial charge in [0.15, 0.2) is 5.76 Å². The fourth-order valence-corrected chi connectivity index (χ4v) is 2.41. The molecule has 0 radical (unpaired) electrons. The van der Waals surface area contributed by atoms with Crippen LogP contribution in [0.3, 0.4) is 0 Å². The van der Waals surface area contributed by atoms with E-state index in [0.29, 0.717) is 0 Å². The molecule has 0 saturated carbocycles. The van der Waals surface area contributed by atoms with Crippen molar-refractivity contribution in [1.82, 2.24) is 15.5 Å². The third-order valence-electron chi connectivity index (χ3n) is 3.75. The SMILES string of the molecule is Cc1nc(C(F)(F)F)ccc1C(=O)NCc1cc(-c2ccccc2F)no1. The van der Waals surface area contributed by atoms with Gasteiger partial charge < -0.3 is 9.84 Å². The molecule has 0 bridgehead atoms. The van der Waals surface area contributed by atoms with Gasteiger partial charge in [0.1, 0.15) is 17.2 Å². The van der Waals surface area contributed by atoms with E-state index < -0.39 is 23.6 Å². The molecule has 0 aliphatic rings. The van der Waals surface area contributed by atoms with Crippen LogP contribution in [0.25, 0.3) is 11.3 Å². The second-order valence-electron chi connectivity index (χ2n) is 5.67. The quantitative estimate of drug-likeness (QED) is 0.692. The maximum absolute atomic E-state index is 13.7. The monoisotopic (exact) mass is 379 g/mol. The minimum atomic E-state index is -4.58. The number of alkyl halides is 3. The molecule has 3 rings (SSSR count). The summed E-state index contributed by atoms with van der Waals surface area (Å²) in [5.41, 5.74) is -0.587. The number of halogens is 4. The molecule has 0 saturated heterocycles. The third kappa shape index (κ3) is 4.13. The van der Waals surface area contributed by atoms with E-state index in [4.69, 9.17) is 4.52 Å². The summed E-state index contributed by atoms with van der Waals surface area (Å²) in [6.07, 6.45) is -4.58. The summed E-state index contributed by atoms with van der Waals surface area (Å²) in [6.45, 7) is 1.25. The lowest BCUT2D eigenvalue weighted by atomic mass is 10.1. The molecule has 2 aromatic heterocycles. The number of carbonyl (C=O) groups is 1. The Balaban J connectivity index is 1.69. The molecule has 0 aliphatic heterocycles. The van der Waals surface area contributed by atoms with Crippen LogP contribution in [0.2, 0.25) is 0 Å². The first-order chi connectivity index (χ1) is 12.8. The first-order valence-electron chi connectivity index (χ1n) is 7.79. The van der Waals surface area contributed by atoms with Gasteiger partial charge in [-0.1, -0.05) is 17.3 Å². The maximum Gasteiger partial charge on any atom is 0.433 e. The summed E-state index contributed by atoms with van der Waals surface area (Å²) in [6, 6.07) is 9.28. The molecule has 140 valence electrons. The number of rotatable bonds is 4. The number of hydrogen-bond donors (Lipinski definition) is 1. The topological polar surface area (TPSA) is 68.0 Å². The van der Waals surface area contributed by atoms with E-state index in [9.17, 15) is 22.4 Å². The number of aryl methyl sites for hydroxylation is 1. The molecule has 0 fully saturated rings. The lowest BCUT2D eigenvalue weighted by Crippen LogP contribution is -2.24. The second-order valence-corrected chi connectivity index (χ2v) is 5.67. The Morgan fingerprint density at radius 3 is 2.59 bits per heavy atom. The Morgan fingerprint density at radius 1 is 1.19 bits per heavy atom. The van der Waals surface area contributed by atoms with Crippen LogP contribution in [-0.4, -0.2) is 16.0 Å². The molecular weight excluding hydrogens is 366 g/mol. The van der Waals surface area contributed by atoms with E-state index >= 15 is 0 Å². The first-order valence-corrected chi connectivity index (χ1v) is 7.79. The molecule has 1 N–H and O–H groups in total. The van der Waals surface area contributed by atoms with Gasteiger partial charge in [0.2, 0.25) is 0 Å². The summed E-state index contributed by atoms with van der Waals surface area (Å²) in [4.78, 5) is 15.6. The van der Waals surface area contributed by atoms with Gasteiger partial charge in [-0.25, -0.2) is 9.37 Å². The maximum atomic E-state index is 13.7. The standard InChI is InChI=1S/C18H13F4N3O2/c1-10-12(6-7-16(24-10)18(20,21)22)17(26)23-9-11-8-15(25-27-11)13-4-2-3-5-14(13)19/h2-8H,9H2,1H3,(H,23,26). The zero-order chi connectivity index (χ0) is 19.6. The van der Waals surface area contributed by atoms with Gasteiger partial charge in [0.25, 0.3) is 5.91 Å². The van der Waals surface area contributed by atoms with Crippen LogP contribution < -0.4 is 5.32 Å². The largest absolute Gasteiger partial charge is 0.433 e. The number of nitrogens with one attached hydrogen (secondary N) is 1. The van der Waals surface area contributed by atoms with Crippen molar-refractivity contribution in [1.29, 1.82) is 0 Å². The molecule has 2 heterocycles. The van der Waals surface area contributed by atoms with Crippen LogP contribution in [0.5, 0.6) is 0 Å². The molecule has 0 unspecified atom stereocenters. The fourth-order valence-electron chi connectivity index (χ4n) is 2.41. The number of nitrogens with zero attached hydrogens (tertiary/aromatic N) is 2. The number of hydrogen-bond acceptors (Lipinski definition) is 4. The molecule has 3 aromatic rings. The summed E-state index contributed by atoms with van der Waals surface area (Å²) >= 11 is 0. The summed E-state index contributed by atoms with van der Waals surface area (Å²) < 4.78 is 56.7. The van der Waals surface area contributed by atoms with Crippen molar-refractivity contribution in [2.45, 2.75) is 19.6 Å². The lowest BCUT2D eigenvalue weighted by Gasteiger charge is -2.09. The normalized spacial score (nSPS) is 11.4. The molecule has 0 aliphatic carbocycles. The predicted octanol–water partition coefficient (Wildman–Crippen LogP) is 4.13. The average molecular weight is 379 g/mol. The van der Waals surface area contributed by atoms with Crippen LogP contribution in [0.4, 0.5) is 17.6 Å². The first kappa shape index (κ1) is 18.6. The molecule has 5 nitrogen and oxygen atoms in total. The van der Waals surface area contributed by atoms with Gasteiger partial charge in [0, 0.05) is 11.6 Å². The van der Waals surface area contributed by atoms with Gasteiger partial charge in [-0.3, -0.25) is 4.79 Å². The van der Waals surface area contributed by atoms with Crippen LogP contribution in [0.1, 0.15) is 27.5 Å². The minimum Gasteiger partial charge on any atom is -0.359 e. The van der Waals surface area contributed by atoms with Gasteiger partial charge in [-0.2, -0.15) is 13.2 Å². The van der Waals surface area contributed by atoms with Gasteiger partial charge >= 0.3 is 6.18 Å². The van der Waals surface area contributed by atoms with Gasteiger partial charge in [0.05, 0.1) is 17.8 Å². The van der Waals surface area contributed by atoms with Crippen molar-refractivity contribution >= 4 is 5.91 Å². The highest BCUT2D eigenvalue weighted by atomic mass is 19.4. The van der Waals surface area contributed by atoms with Gasteiger partial charge in [-0.05, 0) is 31.2 Å². The molecule has 27 heavy (non-hydrogen) atoms. The van der Waals surface area contributed by atoms with E-state index in [-0.39, 0.29) is 34.8 Å². The number of benzene rings is 1. The average Bonchev–Trinajstić information content (AvgIpc) is 3.08. The van der Waals surface area contributed by atoms with Crippen molar-refractivity contribution in [3.05, 3.63) is 71.0 Å². The van der Waals surface area contributed by atoms with E-state index in [0.717, 1.165) is 12.1 Å². The van der Waals surface area contributed by atoms with Crippen LogP contribution >= 0.6 is 0 Å². The van der Waals surface area contributed by atoms with Crippen molar-refractivity contribution in [3.8, 4) is 11.3 Å². The zero-order valence-electron chi connectivity index (χ0n) is 14.0. The Kier molecular flexibility index (Phi) is 4.93. The Labute approximate surface area is 151 Å². The molecular formula is C18H13F4N3O2. The zero-order valence-corrected chi connectivity index (χ0v) is 14.0. The molecule has 0 spiro atoms. The van der Waals surface area contributed by atoms with Gasteiger partial charge in [-0.15, -0.1) is 0 Å². The highest BCUT2D eigenvalue weighted by molar-refractivity contribution is 5.95. The summed E-state index contributed by atoms with van der Waals surface area (Å²) in [5, 5.41) is 6.26. The predicted molar refractivity (Wildman–Crippen MR) is 87.0 cm³/mol. The highest BCUT2D eigenvalue weighted by Gasteiger charge is 2.33. The smallest absolute Gasteiger partial charge is 0.359 e. The number of pyridine rings is 1. The third-order valence-corrected chi connectivity index (χ3v) is 3.75. The van der Waals surface area contributed by atoms with E-state index in [1.54, 1.807) is 12.1 Å². The van der Waals surface area contributed by atoms with E-state index in [1.807, 2.05) is 0 Å². The lowest BCUT2D eigenvalue weighted by molar-refractivity contribution is -0.141. The molecule has 0 atom stereocenters. The number of amides is 1. The Hall–Kier alpha value is -3.23. The molecule has 9 heteroatoms. The fraction of sp³-hybridized carbons (Fsp3) is 0.167.